The molecule has 1 aromatic heterocycles. The SMILES string of the molecule is C/C(=N\NC(=O)c1cc2c(s1)CCCC2)c1cc(Cl)ccc1Cl. The van der Waals surface area contributed by atoms with Crippen LogP contribution >= 0.6 is 34.5 Å². The zero-order valence-corrected chi connectivity index (χ0v) is 15.0. The number of hydrazone groups is 1. The van der Waals surface area contributed by atoms with Crippen molar-refractivity contribution < 1.29 is 4.79 Å². The van der Waals surface area contributed by atoms with Crippen LogP contribution in [0, 0.1) is 0 Å². The number of carbonyl (C=O) groups excluding carboxylic acids is 1. The van der Waals surface area contributed by atoms with Gasteiger partial charge in [-0.25, -0.2) is 5.43 Å². The number of aryl methyl sites for hydroxylation is 2. The van der Waals surface area contributed by atoms with Gasteiger partial charge in [-0.15, -0.1) is 11.3 Å². The van der Waals surface area contributed by atoms with Gasteiger partial charge >= 0.3 is 0 Å². The van der Waals surface area contributed by atoms with Crippen LogP contribution < -0.4 is 5.43 Å². The van der Waals surface area contributed by atoms with E-state index in [9.17, 15) is 4.79 Å². The van der Waals surface area contributed by atoms with E-state index < -0.39 is 0 Å². The van der Waals surface area contributed by atoms with Crippen LogP contribution in [-0.4, -0.2) is 11.6 Å². The highest BCUT2D eigenvalue weighted by Crippen LogP contribution is 2.29. The molecule has 6 heteroatoms. The second-order valence-corrected chi connectivity index (χ2v) is 7.51. The molecule has 0 bridgehead atoms. The second kappa shape index (κ2) is 7.04. The van der Waals surface area contributed by atoms with Gasteiger partial charge in [0.15, 0.2) is 0 Å². The molecular weight excluding hydrogens is 351 g/mol. The minimum absolute atomic E-state index is 0.179. The molecule has 0 spiro atoms. The summed E-state index contributed by atoms with van der Waals surface area (Å²) in [6.45, 7) is 1.79. The lowest BCUT2D eigenvalue weighted by Gasteiger charge is -2.08. The Labute approximate surface area is 149 Å². The summed E-state index contributed by atoms with van der Waals surface area (Å²) in [7, 11) is 0. The van der Waals surface area contributed by atoms with E-state index in [4.69, 9.17) is 23.2 Å². The first kappa shape index (κ1) is 16.5. The van der Waals surface area contributed by atoms with Gasteiger partial charge in [0.25, 0.3) is 5.91 Å². The van der Waals surface area contributed by atoms with Crippen molar-refractivity contribution in [2.75, 3.05) is 0 Å². The highest BCUT2D eigenvalue weighted by atomic mass is 35.5. The van der Waals surface area contributed by atoms with E-state index in [-0.39, 0.29) is 5.91 Å². The Morgan fingerprint density at radius 1 is 1.22 bits per heavy atom. The molecule has 0 saturated carbocycles. The summed E-state index contributed by atoms with van der Waals surface area (Å²) in [5.41, 5.74) is 5.25. The molecule has 3 rings (SSSR count). The van der Waals surface area contributed by atoms with E-state index in [1.165, 1.54) is 23.3 Å². The Morgan fingerprint density at radius 3 is 2.78 bits per heavy atom. The smallest absolute Gasteiger partial charge is 0.266 e. The minimum Gasteiger partial charge on any atom is -0.266 e. The van der Waals surface area contributed by atoms with Crippen LogP contribution in [0.1, 0.15) is 45.4 Å². The zero-order chi connectivity index (χ0) is 16.4. The Bertz CT molecular complexity index is 759. The first-order valence-electron chi connectivity index (χ1n) is 7.46. The van der Waals surface area contributed by atoms with Crippen molar-refractivity contribution in [3.05, 3.63) is 55.2 Å². The summed E-state index contributed by atoms with van der Waals surface area (Å²) in [6.07, 6.45) is 4.56. The molecule has 0 atom stereocenters. The number of nitrogens with one attached hydrogen (secondary N) is 1. The first-order chi connectivity index (χ1) is 11.0. The molecule has 1 aliphatic carbocycles. The quantitative estimate of drug-likeness (QED) is 0.596. The fourth-order valence-electron chi connectivity index (χ4n) is 2.63. The molecule has 1 aliphatic rings. The predicted octanol–water partition coefficient (Wildman–Crippen LogP) is 5.09. The number of fused-ring (bicyclic) bond motifs is 1. The van der Waals surface area contributed by atoms with Crippen LogP contribution in [0.25, 0.3) is 0 Å². The lowest BCUT2D eigenvalue weighted by Crippen LogP contribution is -2.18. The van der Waals surface area contributed by atoms with E-state index in [2.05, 4.69) is 10.5 Å². The molecule has 1 aromatic carbocycles. The highest BCUT2D eigenvalue weighted by Gasteiger charge is 2.17. The van der Waals surface area contributed by atoms with Crippen molar-refractivity contribution in [1.82, 2.24) is 5.43 Å². The maximum Gasteiger partial charge on any atom is 0.281 e. The third-order valence-corrected chi connectivity index (χ3v) is 5.66. The summed E-state index contributed by atoms with van der Waals surface area (Å²) in [4.78, 5) is 14.3. The molecule has 1 N–H and O–H groups in total. The van der Waals surface area contributed by atoms with Crippen LogP contribution in [0.4, 0.5) is 0 Å². The molecular formula is C17H16Cl2N2OS. The molecule has 0 aliphatic heterocycles. The van der Waals surface area contributed by atoms with Gasteiger partial charge in [-0.3, -0.25) is 4.79 Å². The maximum atomic E-state index is 12.3. The summed E-state index contributed by atoms with van der Waals surface area (Å²) in [6, 6.07) is 7.16. The maximum absolute atomic E-state index is 12.3. The van der Waals surface area contributed by atoms with Gasteiger partial charge in [-0.05, 0) is 62.4 Å². The number of hydrogen-bond acceptors (Lipinski definition) is 3. The number of thiophene rings is 1. The van der Waals surface area contributed by atoms with Gasteiger partial charge in [-0.2, -0.15) is 5.10 Å². The summed E-state index contributed by atoms with van der Waals surface area (Å²) in [5.74, 6) is -0.179. The second-order valence-electron chi connectivity index (χ2n) is 5.53. The van der Waals surface area contributed by atoms with Crippen molar-refractivity contribution in [2.24, 2.45) is 5.10 Å². The molecule has 2 aromatic rings. The predicted molar refractivity (Wildman–Crippen MR) is 97.1 cm³/mol. The third-order valence-electron chi connectivity index (χ3n) is 3.86. The van der Waals surface area contributed by atoms with E-state index in [1.54, 1.807) is 36.5 Å². The van der Waals surface area contributed by atoms with Gasteiger partial charge in [0.1, 0.15) is 0 Å². The van der Waals surface area contributed by atoms with E-state index >= 15 is 0 Å². The largest absolute Gasteiger partial charge is 0.281 e. The van der Waals surface area contributed by atoms with E-state index in [1.807, 2.05) is 6.07 Å². The Kier molecular flexibility index (Phi) is 5.05. The third kappa shape index (κ3) is 3.77. The first-order valence-corrected chi connectivity index (χ1v) is 9.03. The number of nitrogens with zero attached hydrogens (tertiary/aromatic N) is 1. The monoisotopic (exact) mass is 366 g/mol. The topological polar surface area (TPSA) is 41.5 Å². The molecule has 1 amide bonds. The van der Waals surface area contributed by atoms with Crippen molar-refractivity contribution in [3.63, 3.8) is 0 Å². The number of halogens is 2. The summed E-state index contributed by atoms with van der Waals surface area (Å²) in [5, 5.41) is 5.29. The summed E-state index contributed by atoms with van der Waals surface area (Å²) < 4.78 is 0. The zero-order valence-electron chi connectivity index (χ0n) is 12.7. The van der Waals surface area contributed by atoms with E-state index in [0.717, 1.165) is 12.8 Å². The normalized spacial score (nSPS) is 14.5. The number of carbonyl (C=O) groups is 1. The lowest BCUT2D eigenvalue weighted by molar-refractivity contribution is 0.0959. The molecule has 120 valence electrons. The fourth-order valence-corrected chi connectivity index (χ4v) is 4.20. The number of hydrogen-bond donors (Lipinski definition) is 1. The molecule has 23 heavy (non-hydrogen) atoms. The average molecular weight is 367 g/mol. The molecule has 0 unspecified atom stereocenters. The van der Waals surface area contributed by atoms with E-state index in [0.29, 0.717) is 26.2 Å². The number of rotatable bonds is 3. The van der Waals surface area contributed by atoms with Crippen LogP contribution in [0.3, 0.4) is 0 Å². The Balaban J connectivity index is 1.75. The van der Waals surface area contributed by atoms with Gasteiger partial charge in [0.05, 0.1) is 10.6 Å². The Hall–Kier alpha value is -1.36. The summed E-state index contributed by atoms with van der Waals surface area (Å²) >= 11 is 13.7. The van der Waals surface area contributed by atoms with Crippen LogP contribution in [0.2, 0.25) is 10.0 Å². The number of benzene rings is 1. The van der Waals surface area contributed by atoms with Gasteiger partial charge in [0.2, 0.25) is 0 Å². The van der Waals surface area contributed by atoms with Crippen molar-refractivity contribution >= 4 is 46.2 Å². The molecule has 1 heterocycles. The molecule has 0 saturated heterocycles. The van der Waals surface area contributed by atoms with Crippen LogP contribution in [0.5, 0.6) is 0 Å². The van der Waals surface area contributed by atoms with Crippen molar-refractivity contribution in [3.8, 4) is 0 Å². The number of amides is 1. The standard InChI is InChI=1S/C17H16Cl2N2OS/c1-10(13-9-12(18)6-7-14(13)19)20-21-17(22)16-8-11-4-2-3-5-15(11)23-16/h6-9H,2-5H2,1H3,(H,21,22)/b20-10+. The van der Waals surface area contributed by atoms with Gasteiger partial charge < -0.3 is 0 Å². The van der Waals surface area contributed by atoms with Gasteiger partial charge in [-0.1, -0.05) is 23.2 Å². The van der Waals surface area contributed by atoms with Crippen molar-refractivity contribution in [1.29, 1.82) is 0 Å². The average Bonchev–Trinajstić information content (AvgIpc) is 2.98. The van der Waals surface area contributed by atoms with Crippen LogP contribution in [0.15, 0.2) is 29.4 Å². The van der Waals surface area contributed by atoms with Crippen molar-refractivity contribution in [2.45, 2.75) is 32.6 Å². The molecule has 3 nitrogen and oxygen atoms in total. The van der Waals surface area contributed by atoms with Gasteiger partial charge in [0, 0.05) is 20.5 Å². The molecule has 0 radical (unpaired) electrons. The minimum atomic E-state index is -0.179. The highest BCUT2D eigenvalue weighted by molar-refractivity contribution is 7.14. The Morgan fingerprint density at radius 2 is 2.00 bits per heavy atom. The lowest BCUT2D eigenvalue weighted by atomic mass is 9.99. The molecule has 0 fully saturated rings. The fraction of sp³-hybridized carbons (Fsp3) is 0.294. The van der Waals surface area contributed by atoms with Crippen LogP contribution in [-0.2, 0) is 12.8 Å².